The van der Waals surface area contributed by atoms with Crippen LogP contribution in [0, 0.1) is 10.1 Å². The molecule has 0 amide bonds. The number of nitro groups is 1. The van der Waals surface area contributed by atoms with E-state index in [2.05, 4.69) is 0 Å². The Hall–Kier alpha value is -1.66. The van der Waals surface area contributed by atoms with E-state index < -0.39 is 11.4 Å². The van der Waals surface area contributed by atoms with E-state index in [1.54, 1.807) is 19.1 Å². The van der Waals surface area contributed by atoms with Gasteiger partial charge < -0.3 is 14.2 Å². The van der Waals surface area contributed by atoms with Gasteiger partial charge in [0.2, 0.25) is 5.75 Å². The number of hydrogen-bond acceptors (Lipinski definition) is 5. The molecule has 16 heavy (non-hydrogen) atoms. The van der Waals surface area contributed by atoms with Crippen molar-refractivity contribution < 1.29 is 19.1 Å². The van der Waals surface area contributed by atoms with Gasteiger partial charge in [0.1, 0.15) is 0 Å². The van der Waals surface area contributed by atoms with Crippen molar-refractivity contribution in [2.45, 2.75) is 13.4 Å². The van der Waals surface area contributed by atoms with E-state index in [1.165, 1.54) is 19.2 Å². The van der Waals surface area contributed by atoms with Crippen molar-refractivity contribution in [1.82, 2.24) is 0 Å². The first-order valence-electron chi connectivity index (χ1n) is 4.73. The fourth-order valence-electron chi connectivity index (χ4n) is 1.10. The van der Waals surface area contributed by atoms with Gasteiger partial charge in [-0.2, -0.15) is 0 Å². The fraction of sp³-hybridized carbons (Fsp3) is 0.400. The van der Waals surface area contributed by atoms with Crippen molar-refractivity contribution in [3.8, 4) is 5.75 Å². The molecule has 0 spiro atoms. The number of rotatable bonds is 6. The molecule has 0 N–H and O–H groups in total. The largest absolute Gasteiger partial charge is 0.434 e. The van der Waals surface area contributed by atoms with E-state index in [0.29, 0.717) is 6.61 Å². The van der Waals surface area contributed by atoms with Crippen molar-refractivity contribution in [3.63, 3.8) is 0 Å². The van der Waals surface area contributed by atoms with Gasteiger partial charge in [-0.3, -0.25) is 10.1 Å². The van der Waals surface area contributed by atoms with Crippen molar-refractivity contribution in [3.05, 3.63) is 34.4 Å². The Bertz CT molecular complexity index is 355. The lowest BCUT2D eigenvalue weighted by molar-refractivity contribution is -0.387. The van der Waals surface area contributed by atoms with E-state index in [0.717, 1.165) is 0 Å². The molecule has 1 atom stereocenters. The molecular weight excluding hydrogens is 214 g/mol. The first-order valence-corrected chi connectivity index (χ1v) is 4.73. The minimum absolute atomic E-state index is 0.118. The van der Waals surface area contributed by atoms with E-state index in [9.17, 15) is 10.1 Å². The lowest BCUT2D eigenvalue weighted by Gasteiger charge is -2.16. The van der Waals surface area contributed by atoms with Gasteiger partial charge in [-0.15, -0.1) is 0 Å². The summed E-state index contributed by atoms with van der Waals surface area (Å²) in [6.45, 7) is 1.22. The minimum atomic E-state index is -0.939. The Kier molecular flexibility index (Phi) is 4.68. The standard InChI is InChI=1S/C10H13NO5/c1-3-15-10(14-2)16-9-7-5-4-6-8(9)11(12)13/h4-7,10H,3H2,1-2H3. The second kappa shape index (κ2) is 6.04. The van der Waals surface area contributed by atoms with Gasteiger partial charge in [0.25, 0.3) is 0 Å². The molecule has 0 radical (unpaired) electrons. The van der Waals surface area contributed by atoms with Gasteiger partial charge in [-0.05, 0) is 13.0 Å². The van der Waals surface area contributed by atoms with Crippen molar-refractivity contribution in [1.29, 1.82) is 0 Å². The second-order valence-electron chi connectivity index (χ2n) is 2.82. The monoisotopic (exact) mass is 227 g/mol. The van der Waals surface area contributed by atoms with Crippen LogP contribution in [0.25, 0.3) is 0 Å². The predicted molar refractivity (Wildman–Crippen MR) is 56.1 cm³/mol. The number of para-hydroxylation sites is 2. The van der Waals surface area contributed by atoms with Crippen LogP contribution in [0.5, 0.6) is 5.75 Å². The zero-order valence-electron chi connectivity index (χ0n) is 9.08. The SMILES string of the molecule is CCOC(OC)Oc1ccccc1[N+](=O)[O-]. The molecule has 1 unspecified atom stereocenters. The van der Waals surface area contributed by atoms with Crippen LogP contribution in [0.2, 0.25) is 0 Å². The van der Waals surface area contributed by atoms with Crippen LogP contribution in [0.3, 0.4) is 0 Å². The first-order chi connectivity index (χ1) is 7.69. The maximum absolute atomic E-state index is 10.7. The van der Waals surface area contributed by atoms with E-state index in [4.69, 9.17) is 14.2 Å². The lowest BCUT2D eigenvalue weighted by atomic mass is 10.3. The molecule has 0 heterocycles. The van der Waals surface area contributed by atoms with Crippen LogP contribution in [-0.2, 0) is 9.47 Å². The molecule has 1 aromatic carbocycles. The zero-order valence-corrected chi connectivity index (χ0v) is 9.08. The summed E-state index contributed by atoms with van der Waals surface area (Å²) in [5.74, 6) is 0.118. The molecule has 0 saturated carbocycles. The van der Waals surface area contributed by atoms with Crippen LogP contribution in [0.1, 0.15) is 6.92 Å². The highest BCUT2D eigenvalue weighted by Gasteiger charge is 2.18. The highest BCUT2D eigenvalue weighted by molar-refractivity contribution is 5.45. The predicted octanol–water partition coefficient (Wildman–Crippen LogP) is 1.94. The summed E-state index contributed by atoms with van der Waals surface area (Å²) in [4.78, 5) is 10.2. The molecular formula is C10H13NO5. The van der Waals surface area contributed by atoms with Crippen LogP contribution in [0.15, 0.2) is 24.3 Å². The van der Waals surface area contributed by atoms with Gasteiger partial charge in [-0.25, -0.2) is 0 Å². The number of nitro benzene ring substituents is 1. The fourth-order valence-corrected chi connectivity index (χ4v) is 1.10. The summed E-state index contributed by atoms with van der Waals surface area (Å²) in [6, 6.07) is 6.05. The molecule has 0 fully saturated rings. The molecule has 6 heteroatoms. The summed E-state index contributed by atoms with van der Waals surface area (Å²) in [5, 5.41) is 10.7. The Morgan fingerprint density at radius 3 is 2.69 bits per heavy atom. The molecule has 0 aromatic heterocycles. The lowest BCUT2D eigenvalue weighted by Crippen LogP contribution is -2.22. The van der Waals surface area contributed by atoms with Gasteiger partial charge in [0.05, 0.1) is 11.5 Å². The summed E-state index contributed by atoms with van der Waals surface area (Å²) in [5.41, 5.74) is -0.121. The average molecular weight is 227 g/mol. The number of ether oxygens (including phenoxy) is 3. The summed E-state index contributed by atoms with van der Waals surface area (Å²) < 4.78 is 15.1. The Morgan fingerprint density at radius 2 is 2.12 bits per heavy atom. The van der Waals surface area contributed by atoms with Gasteiger partial charge in [-0.1, -0.05) is 12.1 Å². The summed E-state index contributed by atoms with van der Waals surface area (Å²) in [7, 11) is 1.40. The zero-order chi connectivity index (χ0) is 12.0. The second-order valence-corrected chi connectivity index (χ2v) is 2.82. The van der Waals surface area contributed by atoms with Gasteiger partial charge >= 0.3 is 12.2 Å². The third-order valence-electron chi connectivity index (χ3n) is 1.78. The number of hydrogen-bond donors (Lipinski definition) is 0. The molecule has 0 aliphatic rings. The average Bonchev–Trinajstić information content (AvgIpc) is 2.29. The highest BCUT2D eigenvalue weighted by atomic mass is 16.8. The third kappa shape index (κ3) is 3.18. The molecule has 0 saturated heterocycles. The first kappa shape index (κ1) is 12.4. The third-order valence-corrected chi connectivity index (χ3v) is 1.78. The topological polar surface area (TPSA) is 70.8 Å². The molecule has 1 rings (SSSR count). The van der Waals surface area contributed by atoms with E-state index in [1.807, 2.05) is 0 Å². The molecule has 6 nitrogen and oxygen atoms in total. The molecule has 88 valence electrons. The smallest absolute Gasteiger partial charge is 0.315 e. The van der Waals surface area contributed by atoms with Crippen molar-refractivity contribution in [2.24, 2.45) is 0 Å². The maximum atomic E-state index is 10.7. The Balaban J connectivity index is 2.82. The highest BCUT2D eigenvalue weighted by Crippen LogP contribution is 2.26. The quantitative estimate of drug-likeness (QED) is 0.422. The molecule has 0 aliphatic carbocycles. The normalized spacial score (nSPS) is 12.1. The number of benzene rings is 1. The van der Waals surface area contributed by atoms with E-state index in [-0.39, 0.29) is 11.4 Å². The molecule has 0 bridgehead atoms. The van der Waals surface area contributed by atoms with Gasteiger partial charge in [0, 0.05) is 13.2 Å². The van der Waals surface area contributed by atoms with Crippen molar-refractivity contribution >= 4 is 5.69 Å². The van der Waals surface area contributed by atoms with Crippen LogP contribution in [-0.4, -0.2) is 25.1 Å². The summed E-state index contributed by atoms with van der Waals surface area (Å²) >= 11 is 0. The number of methoxy groups -OCH3 is 1. The Labute approximate surface area is 92.9 Å². The Morgan fingerprint density at radius 1 is 1.44 bits per heavy atom. The molecule has 1 aromatic rings. The van der Waals surface area contributed by atoms with Crippen LogP contribution in [0.4, 0.5) is 5.69 Å². The van der Waals surface area contributed by atoms with Crippen molar-refractivity contribution in [2.75, 3.05) is 13.7 Å². The van der Waals surface area contributed by atoms with Crippen LogP contribution >= 0.6 is 0 Å². The maximum Gasteiger partial charge on any atom is 0.315 e. The summed E-state index contributed by atoms with van der Waals surface area (Å²) in [6.07, 6.45) is 0. The number of nitrogens with zero attached hydrogens (tertiary/aromatic N) is 1. The minimum Gasteiger partial charge on any atom is -0.434 e. The van der Waals surface area contributed by atoms with Crippen LogP contribution < -0.4 is 4.74 Å². The molecule has 0 aliphatic heterocycles. The van der Waals surface area contributed by atoms with Gasteiger partial charge in [0.15, 0.2) is 0 Å². The van der Waals surface area contributed by atoms with E-state index >= 15 is 0 Å².